The number of aromatic hydroxyl groups is 1. The van der Waals surface area contributed by atoms with Gasteiger partial charge in [0.1, 0.15) is 5.75 Å². The molecule has 0 saturated carbocycles. The number of phenols is 1. The number of phenolic OH excluding ortho intramolecular Hbond substituents is 1. The predicted octanol–water partition coefficient (Wildman–Crippen LogP) is -0.370. The Labute approximate surface area is 75.6 Å². The molecule has 1 unspecified atom stereocenters. The van der Waals surface area contributed by atoms with Crippen LogP contribution in [0.5, 0.6) is 5.75 Å². The van der Waals surface area contributed by atoms with Crippen LogP contribution in [0.3, 0.4) is 0 Å². The van der Waals surface area contributed by atoms with Crippen LogP contribution in [0, 0.1) is 0 Å². The molecule has 0 aromatic heterocycles. The van der Waals surface area contributed by atoms with Gasteiger partial charge in [0.2, 0.25) is 0 Å². The van der Waals surface area contributed by atoms with E-state index in [9.17, 15) is 4.79 Å². The van der Waals surface area contributed by atoms with Gasteiger partial charge in [-0.2, -0.15) is 0 Å². The molecule has 0 heterocycles. The molecule has 0 spiro atoms. The van der Waals surface area contributed by atoms with Crippen LogP contribution in [0.15, 0.2) is 24.3 Å². The summed E-state index contributed by atoms with van der Waals surface area (Å²) in [7, 11) is 0. The van der Waals surface area contributed by atoms with Crippen molar-refractivity contribution < 1.29 is 20.7 Å². The third kappa shape index (κ3) is 2.76. The van der Waals surface area contributed by atoms with Crippen molar-refractivity contribution in [3.8, 4) is 5.75 Å². The summed E-state index contributed by atoms with van der Waals surface area (Å²) in [6.07, 6.45) is 0.385. The van der Waals surface area contributed by atoms with Crippen LogP contribution >= 0.6 is 0 Å². The number of carboxylic acids is 1. The molecule has 0 aliphatic carbocycles. The monoisotopic (exact) mass is 182 g/mol. The van der Waals surface area contributed by atoms with E-state index in [2.05, 4.69) is 5.73 Å². The SMILES string of the molecule is [NH3+]C(Cc1ccc(O)cc1)C(=O)O. The molecule has 0 saturated heterocycles. The summed E-state index contributed by atoms with van der Waals surface area (Å²) in [5.74, 6) is -0.729. The van der Waals surface area contributed by atoms with Crippen LogP contribution in [0.25, 0.3) is 0 Å². The van der Waals surface area contributed by atoms with Crippen molar-refractivity contribution in [2.75, 3.05) is 0 Å². The Morgan fingerprint density at radius 3 is 2.38 bits per heavy atom. The predicted molar refractivity (Wildman–Crippen MR) is 46.1 cm³/mol. The van der Waals surface area contributed by atoms with Gasteiger partial charge in [-0.25, -0.2) is 4.79 Å². The number of quaternary nitrogens is 1. The normalized spacial score (nSPS) is 12.4. The summed E-state index contributed by atoms with van der Waals surface area (Å²) >= 11 is 0. The number of aliphatic carboxylic acids is 1. The summed E-state index contributed by atoms with van der Waals surface area (Å²) in [4.78, 5) is 10.5. The van der Waals surface area contributed by atoms with E-state index < -0.39 is 12.0 Å². The van der Waals surface area contributed by atoms with E-state index in [-0.39, 0.29) is 5.75 Å². The fourth-order valence-electron chi connectivity index (χ4n) is 1.00. The standard InChI is InChI=1S/C9H11NO3/c10-8(9(12)13)5-6-1-3-7(11)4-2-6/h1-4,8,11H,5,10H2,(H,12,13)/p+1. The van der Waals surface area contributed by atoms with Crippen molar-refractivity contribution in [2.24, 2.45) is 0 Å². The molecule has 1 aromatic rings. The van der Waals surface area contributed by atoms with Crippen LogP contribution < -0.4 is 5.73 Å². The Morgan fingerprint density at radius 2 is 1.92 bits per heavy atom. The maximum absolute atomic E-state index is 10.5. The molecule has 1 aromatic carbocycles. The average molecular weight is 182 g/mol. The van der Waals surface area contributed by atoms with Gasteiger partial charge < -0.3 is 15.9 Å². The largest absolute Gasteiger partial charge is 0.508 e. The van der Waals surface area contributed by atoms with Crippen LogP contribution in [0.2, 0.25) is 0 Å². The molecule has 0 radical (unpaired) electrons. The summed E-state index contributed by atoms with van der Waals surface area (Å²) in [6, 6.07) is 5.81. The minimum Gasteiger partial charge on any atom is -0.508 e. The molecule has 4 nitrogen and oxygen atoms in total. The highest BCUT2D eigenvalue weighted by molar-refractivity contribution is 5.71. The van der Waals surface area contributed by atoms with E-state index in [1.54, 1.807) is 12.1 Å². The Balaban J connectivity index is 2.64. The molecule has 70 valence electrons. The molecule has 0 amide bonds. The smallest absolute Gasteiger partial charge is 0.362 e. The Bertz CT molecular complexity index is 294. The van der Waals surface area contributed by atoms with Gasteiger partial charge in [-0.15, -0.1) is 0 Å². The minimum absolute atomic E-state index is 0.180. The highest BCUT2D eigenvalue weighted by Gasteiger charge is 2.15. The Morgan fingerprint density at radius 1 is 1.38 bits per heavy atom. The van der Waals surface area contributed by atoms with Crippen molar-refractivity contribution in [2.45, 2.75) is 12.5 Å². The van der Waals surface area contributed by atoms with Gasteiger partial charge in [0.25, 0.3) is 0 Å². The molecule has 4 heteroatoms. The fourth-order valence-corrected chi connectivity index (χ4v) is 1.00. The number of benzene rings is 1. The van der Waals surface area contributed by atoms with Crippen LogP contribution in [-0.4, -0.2) is 22.2 Å². The molecule has 0 bridgehead atoms. The van der Waals surface area contributed by atoms with E-state index in [1.807, 2.05) is 0 Å². The van der Waals surface area contributed by atoms with Gasteiger partial charge in [0.15, 0.2) is 6.04 Å². The Kier molecular flexibility index (Phi) is 2.87. The summed E-state index contributed by atoms with van der Waals surface area (Å²) in [6.45, 7) is 0. The maximum Gasteiger partial charge on any atom is 0.362 e. The molecule has 13 heavy (non-hydrogen) atoms. The third-order valence-electron chi connectivity index (χ3n) is 1.77. The average Bonchev–Trinajstić information content (AvgIpc) is 2.08. The van der Waals surface area contributed by atoms with E-state index >= 15 is 0 Å². The lowest BCUT2D eigenvalue weighted by Crippen LogP contribution is -2.65. The zero-order valence-corrected chi connectivity index (χ0v) is 7.10. The van der Waals surface area contributed by atoms with E-state index in [0.29, 0.717) is 6.42 Å². The van der Waals surface area contributed by atoms with Gasteiger partial charge in [0, 0.05) is 6.42 Å². The first-order valence-electron chi connectivity index (χ1n) is 3.93. The zero-order valence-electron chi connectivity index (χ0n) is 7.10. The van der Waals surface area contributed by atoms with Crippen LogP contribution in [0.4, 0.5) is 0 Å². The van der Waals surface area contributed by atoms with Crippen LogP contribution in [0.1, 0.15) is 5.56 Å². The van der Waals surface area contributed by atoms with E-state index in [1.165, 1.54) is 12.1 Å². The number of carboxylic acid groups (broad SMARTS) is 1. The van der Waals surface area contributed by atoms with Crippen molar-refractivity contribution >= 4 is 5.97 Å². The second kappa shape index (κ2) is 3.91. The lowest BCUT2D eigenvalue weighted by molar-refractivity contribution is -0.407. The maximum atomic E-state index is 10.5. The first-order valence-corrected chi connectivity index (χ1v) is 3.93. The lowest BCUT2D eigenvalue weighted by atomic mass is 10.1. The fraction of sp³-hybridized carbons (Fsp3) is 0.222. The molecule has 0 aliphatic heterocycles. The number of rotatable bonds is 3. The summed E-state index contributed by atoms with van der Waals surface area (Å²) < 4.78 is 0. The zero-order chi connectivity index (χ0) is 9.84. The third-order valence-corrected chi connectivity index (χ3v) is 1.77. The topological polar surface area (TPSA) is 85.2 Å². The number of hydrogen-bond donors (Lipinski definition) is 3. The lowest BCUT2D eigenvalue weighted by Gasteiger charge is -2.02. The first kappa shape index (κ1) is 9.54. The van der Waals surface area contributed by atoms with Gasteiger partial charge in [-0.3, -0.25) is 0 Å². The molecule has 5 N–H and O–H groups in total. The first-order chi connectivity index (χ1) is 6.09. The summed E-state index contributed by atoms with van der Waals surface area (Å²) in [5, 5.41) is 17.6. The summed E-state index contributed by atoms with van der Waals surface area (Å²) in [5.41, 5.74) is 4.35. The molecular formula is C9H12NO3+. The van der Waals surface area contributed by atoms with Crippen LogP contribution in [-0.2, 0) is 11.2 Å². The second-order valence-corrected chi connectivity index (χ2v) is 2.91. The van der Waals surface area contributed by atoms with E-state index in [0.717, 1.165) is 5.56 Å². The van der Waals surface area contributed by atoms with Gasteiger partial charge in [-0.1, -0.05) is 12.1 Å². The Hall–Kier alpha value is -1.55. The number of carbonyl (C=O) groups is 1. The second-order valence-electron chi connectivity index (χ2n) is 2.91. The van der Waals surface area contributed by atoms with Gasteiger partial charge in [-0.05, 0) is 17.7 Å². The molecular weight excluding hydrogens is 170 g/mol. The highest BCUT2D eigenvalue weighted by Crippen LogP contribution is 2.10. The van der Waals surface area contributed by atoms with Crippen molar-refractivity contribution in [1.82, 2.24) is 0 Å². The molecule has 0 aliphatic rings. The van der Waals surface area contributed by atoms with Crippen molar-refractivity contribution in [1.29, 1.82) is 0 Å². The number of hydrogen-bond acceptors (Lipinski definition) is 2. The quantitative estimate of drug-likeness (QED) is 0.596. The molecule has 0 fully saturated rings. The molecule has 1 rings (SSSR count). The van der Waals surface area contributed by atoms with Crippen molar-refractivity contribution in [3.63, 3.8) is 0 Å². The minimum atomic E-state index is -0.909. The van der Waals surface area contributed by atoms with E-state index in [4.69, 9.17) is 10.2 Å². The highest BCUT2D eigenvalue weighted by atomic mass is 16.4. The van der Waals surface area contributed by atoms with Crippen molar-refractivity contribution in [3.05, 3.63) is 29.8 Å². The van der Waals surface area contributed by atoms with Gasteiger partial charge in [0.05, 0.1) is 0 Å². The van der Waals surface area contributed by atoms with Gasteiger partial charge >= 0.3 is 5.97 Å². The molecule has 1 atom stereocenters.